The van der Waals surface area contributed by atoms with E-state index in [0.717, 1.165) is 16.8 Å². The van der Waals surface area contributed by atoms with Gasteiger partial charge >= 0.3 is 0 Å². The lowest BCUT2D eigenvalue weighted by molar-refractivity contribution is -0.123. The number of benzene rings is 2. The molecular formula is C20H21NO3. The van der Waals surface area contributed by atoms with Crippen LogP contribution in [0.4, 0.5) is 5.69 Å². The molecule has 24 heavy (non-hydrogen) atoms. The smallest absolute Gasteiger partial charge is 0.253 e. The van der Waals surface area contributed by atoms with Crippen LogP contribution in [0, 0.1) is 12.3 Å². The average molecular weight is 323 g/mol. The van der Waals surface area contributed by atoms with Gasteiger partial charge < -0.3 is 14.4 Å². The highest BCUT2D eigenvalue weighted by Gasteiger charge is 2.16. The predicted octanol–water partition coefficient (Wildman–Crippen LogP) is 2.86. The molecule has 1 amide bonds. The first kappa shape index (κ1) is 17.7. The standard InChI is InChI=1S/C20H21NO3/c1-3-17-10-7-11-19(14-17)21(15-18-8-5-4-6-9-18)20(22)16-24-13-12-23-2/h1,4-11,14H,12-13,15-16H2,2H3. The maximum absolute atomic E-state index is 12.6. The monoisotopic (exact) mass is 323 g/mol. The number of carbonyl (C=O) groups excluding carboxylic acids is 1. The fourth-order valence-electron chi connectivity index (χ4n) is 2.23. The molecule has 0 aromatic heterocycles. The number of anilines is 1. The predicted molar refractivity (Wildman–Crippen MR) is 94.7 cm³/mol. The molecule has 0 bridgehead atoms. The number of amides is 1. The fourth-order valence-corrected chi connectivity index (χ4v) is 2.23. The van der Waals surface area contributed by atoms with Crippen LogP contribution in [0.2, 0.25) is 0 Å². The second-order valence-corrected chi connectivity index (χ2v) is 5.21. The molecule has 4 nitrogen and oxygen atoms in total. The summed E-state index contributed by atoms with van der Waals surface area (Å²) < 4.78 is 10.3. The normalized spacial score (nSPS) is 10.2. The number of terminal acetylenes is 1. The first-order valence-electron chi connectivity index (χ1n) is 7.72. The fraction of sp³-hybridized carbons (Fsp3) is 0.250. The molecule has 0 N–H and O–H groups in total. The molecule has 0 aliphatic heterocycles. The molecule has 0 saturated heterocycles. The number of carbonyl (C=O) groups is 1. The molecule has 0 heterocycles. The Labute approximate surface area is 143 Å². The van der Waals surface area contributed by atoms with Gasteiger partial charge in [0.15, 0.2) is 0 Å². The summed E-state index contributed by atoms with van der Waals surface area (Å²) in [5.74, 6) is 2.48. The van der Waals surface area contributed by atoms with Crippen molar-refractivity contribution >= 4 is 11.6 Å². The first-order chi connectivity index (χ1) is 11.7. The van der Waals surface area contributed by atoms with Gasteiger partial charge in [-0.05, 0) is 23.8 Å². The molecule has 2 aromatic carbocycles. The summed E-state index contributed by atoms with van der Waals surface area (Å²) in [6.07, 6.45) is 5.47. The van der Waals surface area contributed by atoms with Gasteiger partial charge in [0.05, 0.1) is 19.8 Å². The molecule has 0 aliphatic rings. The Balaban J connectivity index is 2.17. The van der Waals surface area contributed by atoms with Crippen molar-refractivity contribution in [3.8, 4) is 12.3 Å². The molecule has 0 atom stereocenters. The lowest BCUT2D eigenvalue weighted by atomic mass is 10.1. The van der Waals surface area contributed by atoms with E-state index in [4.69, 9.17) is 15.9 Å². The van der Waals surface area contributed by atoms with Crippen molar-refractivity contribution < 1.29 is 14.3 Å². The van der Waals surface area contributed by atoms with Gasteiger partial charge in [0.2, 0.25) is 0 Å². The van der Waals surface area contributed by atoms with Crippen molar-refractivity contribution in [3.63, 3.8) is 0 Å². The third kappa shape index (κ3) is 5.24. The largest absolute Gasteiger partial charge is 0.382 e. The highest BCUT2D eigenvalue weighted by Crippen LogP contribution is 2.19. The Morgan fingerprint density at radius 1 is 1.12 bits per heavy atom. The summed E-state index contributed by atoms with van der Waals surface area (Å²) in [5, 5.41) is 0. The minimum atomic E-state index is -0.121. The molecule has 2 rings (SSSR count). The first-order valence-corrected chi connectivity index (χ1v) is 7.72. The molecule has 0 spiro atoms. The zero-order valence-corrected chi connectivity index (χ0v) is 13.8. The van der Waals surface area contributed by atoms with E-state index in [-0.39, 0.29) is 12.5 Å². The average Bonchev–Trinajstić information content (AvgIpc) is 2.64. The summed E-state index contributed by atoms with van der Waals surface area (Å²) in [4.78, 5) is 14.3. The van der Waals surface area contributed by atoms with Crippen LogP contribution in [0.15, 0.2) is 54.6 Å². The zero-order chi connectivity index (χ0) is 17.2. The Hall–Kier alpha value is -2.61. The van der Waals surface area contributed by atoms with Gasteiger partial charge in [0, 0.05) is 18.4 Å². The third-order valence-corrected chi connectivity index (χ3v) is 3.47. The van der Waals surface area contributed by atoms with Crippen LogP contribution < -0.4 is 4.90 Å². The highest BCUT2D eigenvalue weighted by molar-refractivity contribution is 5.94. The molecular weight excluding hydrogens is 302 g/mol. The van der Waals surface area contributed by atoms with Crippen LogP contribution in [-0.4, -0.2) is 32.8 Å². The van der Waals surface area contributed by atoms with Gasteiger partial charge in [-0.15, -0.1) is 6.42 Å². The van der Waals surface area contributed by atoms with Gasteiger partial charge in [-0.2, -0.15) is 0 Å². The summed E-state index contributed by atoms with van der Waals surface area (Å²) in [7, 11) is 1.60. The Morgan fingerprint density at radius 3 is 2.62 bits per heavy atom. The Morgan fingerprint density at radius 2 is 1.92 bits per heavy atom. The third-order valence-electron chi connectivity index (χ3n) is 3.47. The maximum atomic E-state index is 12.6. The van der Waals surface area contributed by atoms with Crippen LogP contribution in [0.1, 0.15) is 11.1 Å². The van der Waals surface area contributed by atoms with E-state index in [1.807, 2.05) is 54.6 Å². The van der Waals surface area contributed by atoms with E-state index >= 15 is 0 Å². The van der Waals surface area contributed by atoms with E-state index in [1.54, 1.807) is 12.0 Å². The van der Waals surface area contributed by atoms with E-state index < -0.39 is 0 Å². The second-order valence-electron chi connectivity index (χ2n) is 5.21. The highest BCUT2D eigenvalue weighted by atomic mass is 16.5. The van der Waals surface area contributed by atoms with E-state index in [1.165, 1.54) is 0 Å². The van der Waals surface area contributed by atoms with Crippen LogP contribution in [0.25, 0.3) is 0 Å². The van der Waals surface area contributed by atoms with E-state index in [9.17, 15) is 4.79 Å². The lowest BCUT2D eigenvalue weighted by Crippen LogP contribution is -2.34. The summed E-state index contributed by atoms with van der Waals surface area (Å²) >= 11 is 0. The quantitative estimate of drug-likeness (QED) is 0.554. The lowest BCUT2D eigenvalue weighted by Gasteiger charge is -2.23. The number of methoxy groups -OCH3 is 1. The van der Waals surface area contributed by atoms with Crippen molar-refractivity contribution in [2.75, 3.05) is 31.8 Å². The minimum Gasteiger partial charge on any atom is -0.382 e. The topological polar surface area (TPSA) is 38.8 Å². The number of rotatable bonds is 8. The summed E-state index contributed by atoms with van der Waals surface area (Å²) in [5.41, 5.74) is 2.53. The van der Waals surface area contributed by atoms with Crippen molar-refractivity contribution in [2.24, 2.45) is 0 Å². The summed E-state index contributed by atoms with van der Waals surface area (Å²) in [6.45, 7) is 1.29. The molecule has 0 fully saturated rings. The maximum Gasteiger partial charge on any atom is 0.253 e. The number of nitrogens with zero attached hydrogens (tertiary/aromatic N) is 1. The van der Waals surface area contributed by atoms with Gasteiger partial charge in [-0.3, -0.25) is 4.79 Å². The molecule has 0 radical (unpaired) electrons. The van der Waals surface area contributed by atoms with Crippen molar-refractivity contribution in [3.05, 3.63) is 65.7 Å². The van der Waals surface area contributed by atoms with E-state index in [2.05, 4.69) is 5.92 Å². The van der Waals surface area contributed by atoms with Crippen molar-refractivity contribution in [1.82, 2.24) is 0 Å². The summed E-state index contributed by atoms with van der Waals surface area (Å²) in [6, 6.07) is 17.2. The van der Waals surface area contributed by atoms with Crippen LogP contribution in [0.5, 0.6) is 0 Å². The molecule has 0 aliphatic carbocycles. The molecule has 0 unspecified atom stereocenters. The molecule has 124 valence electrons. The molecule has 4 heteroatoms. The number of hydrogen-bond donors (Lipinski definition) is 0. The van der Waals surface area contributed by atoms with Crippen molar-refractivity contribution in [2.45, 2.75) is 6.54 Å². The number of hydrogen-bond acceptors (Lipinski definition) is 3. The van der Waals surface area contributed by atoms with Gasteiger partial charge in [-0.25, -0.2) is 0 Å². The van der Waals surface area contributed by atoms with E-state index in [0.29, 0.717) is 19.8 Å². The minimum absolute atomic E-state index is 0.00350. The molecule has 0 saturated carbocycles. The SMILES string of the molecule is C#Cc1cccc(N(Cc2ccccc2)C(=O)COCCOC)c1. The van der Waals surface area contributed by atoms with Crippen LogP contribution >= 0.6 is 0 Å². The van der Waals surface area contributed by atoms with Gasteiger partial charge in [0.25, 0.3) is 5.91 Å². The Bertz CT molecular complexity index is 692. The van der Waals surface area contributed by atoms with Crippen molar-refractivity contribution in [1.29, 1.82) is 0 Å². The van der Waals surface area contributed by atoms with Crippen LogP contribution in [-0.2, 0) is 20.8 Å². The van der Waals surface area contributed by atoms with Gasteiger partial charge in [-0.1, -0.05) is 42.3 Å². The molecule has 2 aromatic rings. The second kappa shape index (κ2) is 9.51. The van der Waals surface area contributed by atoms with Crippen LogP contribution in [0.3, 0.4) is 0 Å². The number of ether oxygens (including phenoxy) is 2. The zero-order valence-electron chi connectivity index (χ0n) is 13.8. The van der Waals surface area contributed by atoms with Gasteiger partial charge in [0.1, 0.15) is 6.61 Å². The Kier molecular flexibility index (Phi) is 7.03.